The minimum Gasteiger partial charge on any atom is -0.504 e. The molecule has 0 bridgehead atoms. The molecule has 0 aromatic heterocycles. The van der Waals surface area contributed by atoms with Gasteiger partial charge in [0.25, 0.3) is 5.91 Å². The maximum Gasteiger partial charge on any atom is 0.326 e. The number of hydrogen-bond donors (Lipinski definition) is 2. The highest BCUT2D eigenvalue weighted by Gasteiger charge is 2.40. The van der Waals surface area contributed by atoms with E-state index in [1.165, 1.54) is 29.8 Å². The van der Waals surface area contributed by atoms with E-state index in [2.05, 4.69) is 0 Å². The van der Waals surface area contributed by atoms with E-state index in [1.807, 2.05) is 6.26 Å². The SMILES string of the molecule is COc1cc(/C=C2/SC(=S)N(C(CCSC)C(=O)O)C2=O)ccc1O. The Morgan fingerprint density at radius 2 is 2.24 bits per heavy atom. The first-order valence-electron chi connectivity index (χ1n) is 7.24. The normalized spacial score (nSPS) is 17.2. The molecule has 1 atom stereocenters. The van der Waals surface area contributed by atoms with Crippen LogP contribution in [-0.2, 0) is 9.59 Å². The van der Waals surface area contributed by atoms with Crippen LogP contribution in [0.15, 0.2) is 23.1 Å². The fraction of sp³-hybridized carbons (Fsp3) is 0.312. The zero-order valence-electron chi connectivity index (χ0n) is 13.6. The summed E-state index contributed by atoms with van der Waals surface area (Å²) in [4.78, 5) is 25.7. The minimum absolute atomic E-state index is 0.00444. The van der Waals surface area contributed by atoms with Crippen molar-refractivity contribution < 1.29 is 24.5 Å². The Hall–Kier alpha value is -1.71. The van der Waals surface area contributed by atoms with Crippen LogP contribution >= 0.6 is 35.7 Å². The molecule has 9 heteroatoms. The van der Waals surface area contributed by atoms with Gasteiger partial charge < -0.3 is 14.9 Å². The molecule has 1 aromatic carbocycles. The van der Waals surface area contributed by atoms with E-state index in [9.17, 15) is 19.8 Å². The van der Waals surface area contributed by atoms with Gasteiger partial charge in [-0.15, -0.1) is 0 Å². The van der Waals surface area contributed by atoms with Crippen molar-refractivity contribution in [2.75, 3.05) is 19.1 Å². The van der Waals surface area contributed by atoms with Crippen LogP contribution in [0, 0.1) is 0 Å². The molecule has 1 aliphatic heterocycles. The second-order valence-corrected chi connectivity index (χ2v) is 7.78. The summed E-state index contributed by atoms with van der Waals surface area (Å²) in [6, 6.07) is 3.71. The van der Waals surface area contributed by atoms with Crippen LogP contribution in [0.5, 0.6) is 11.5 Å². The molecule has 1 amide bonds. The lowest BCUT2D eigenvalue weighted by Crippen LogP contribution is -2.44. The first-order chi connectivity index (χ1) is 11.9. The molecule has 2 rings (SSSR count). The lowest BCUT2D eigenvalue weighted by atomic mass is 10.1. The van der Waals surface area contributed by atoms with Crippen molar-refractivity contribution in [1.29, 1.82) is 0 Å². The number of aliphatic carboxylic acids is 1. The van der Waals surface area contributed by atoms with Crippen molar-refractivity contribution in [2.45, 2.75) is 12.5 Å². The molecule has 6 nitrogen and oxygen atoms in total. The Kier molecular flexibility index (Phi) is 6.74. The summed E-state index contributed by atoms with van der Waals surface area (Å²) in [5.74, 6) is -0.598. The van der Waals surface area contributed by atoms with E-state index in [0.29, 0.717) is 22.6 Å². The number of ether oxygens (including phenoxy) is 1. The number of methoxy groups -OCH3 is 1. The molecule has 1 heterocycles. The smallest absolute Gasteiger partial charge is 0.326 e. The van der Waals surface area contributed by atoms with Gasteiger partial charge in [0, 0.05) is 0 Å². The number of thioether (sulfide) groups is 2. The summed E-state index contributed by atoms with van der Waals surface area (Å²) in [5, 5.41) is 19.1. The van der Waals surface area contributed by atoms with Gasteiger partial charge in [-0.2, -0.15) is 11.8 Å². The number of rotatable bonds is 7. The zero-order valence-corrected chi connectivity index (χ0v) is 16.0. The lowest BCUT2D eigenvalue weighted by molar-refractivity contribution is -0.145. The number of thiocarbonyl (C=S) groups is 1. The van der Waals surface area contributed by atoms with Gasteiger partial charge in [-0.05, 0) is 42.2 Å². The predicted octanol–water partition coefficient (Wildman–Crippen LogP) is 2.81. The topological polar surface area (TPSA) is 87.1 Å². The molecule has 0 saturated carbocycles. The molecule has 1 unspecified atom stereocenters. The van der Waals surface area contributed by atoms with Gasteiger partial charge in [-0.3, -0.25) is 9.69 Å². The van der Waals surface area contributed by atoms with Crippen LogP contribution in [-0.4, -0.2) is 56.5 Å². The number of nitrogens with zero attached hydrogens (tertiary/aromatic N) is 1. The fourth-order valence-electron chi connectivity index (χ4n) is 2.28. The summed E-state index contributed by atoms with van der Waals surface area (Å²) in [6.07, 6.45) is 3.80. The summed E-state index contributed by atoms with van der Waals surface area (Å²) < 4.78 is 5.28. The Labute approximate surface area is 159 Å². The molecule has 134 valence electrons. The number of aromatic hydroxyl groups is 1. The van der Waals surface area contributed by atoms with Gasteiger partial charge in [0.05, 0.1) is 12.0 Å². The van der Waals surface area contributed by atoms with E-state index >= 15 is 0 Å². The van der Waals surface area contributed by atoms with Crippen LogP contribution in [0.2, 0.25) is 0 Å². The molecular formula is C16H17NO5S3. The molecule has 0 radical (unpaired) electrons. The van der Waals surface area contributed by atoms with Crippen LogP contribution in [0.3, 0.4) is 0 Å². The van der Waals surface area contributed by atoms with Gasteiger partial charge >= 0.3 is 5.97 Å². The standard InChI is InChI=1S/C16H17NO5S3/c1-22-12-7-9(3-4-11(12)18)8-13-14(19)17(16(23)25-13)10(15(20)21)5-6-24-2/h3-4,7-8,10,18H,5-6H2,1-2H3,(H,20,21)/b13-8+. The first kappa shape index (κ1) is 19.6. The molecule has 25 heavy (non-hydrogen) atoms. The van der Waals surface area contributed by atoms with Crippen molar-refractivity contribution in [3.05, 3.63) is 28.7 Å². The second kappa shape index (κ2) is 8.59. The minimum atomic E-state index is -1.07. The second-order valence-electron chi connectivity index (χ2n) is 5.12. The quantitative estimate of drug-likeness (QED) is 0.535. The molecule has 0 aliphatic carbocycles. The number of carboxylic acids is 1. The number of carboxylic acid groups (broad SMARTS) is 1. The summed E-state index contributed by atoms with van der Waals surface area (Å²) in [6.45, 7) is 0. The van der Waals surface area contributed by atoms with Gasteiger partial charge in [-0.1, -0.05) is 30.0 Å². The van der Waals surface area contributed by atoms with Crippen molar-refractivity contribution in [2.24, 2.45) is 0 Å². The van der Waals surface area contributed by atoms with E-state index in [-0.39, 0.29) is 15.8 Å². The number of hydrogen-bond acceptors (Lipinski definition) is 7. The number of carbonyl (C=O) groups is 2. The Bertz CT molecular complexity index is 734. The highest BCUT2D eigenvalue weighted by atomic mass is 32.2. The van der Waals surface area contributed by atoms with Crippen molar-refractivity contribution in [3.63, 3.8) is 0 Å². The number of carbonyl (C=O) groups excluding carboxylic acids is 1. The van der Waals surface area contributed by atoms with Crippen LogP contribution < -0.4 is 4.74 Å². The molecule has 1 fully saturated rings. The molecule has 2 N–H and O–H groups in total. The largest absolute Gasteiger partial charge is 0.504 e. The van der Waals surface area contributed by atoms with Gasteiger partial charge in [0.2, 0.25) is 0 Å². The van der Waals surface area contributed by atoms with E-state index in [1.54, 1.807) is 18.2 Å². The number of phenolic OH excluding ortho intramolecular Hbond substituents is 1. The van der Waals surface area contributed by atoms with Gasteiger partial charge in [0.15, 0.2) is 11.5 Å². The Morgan fingerprint density at radius 3 is 2.84 bits per heavy atom. The zero-order chi connectivity index (χ0) is 18.6. The highest BCUT2D eigenvalue weighted by molar-refractivity contribution is 8.26. The van der Waals surface area contributed by atoms with Crippen LogP contribution in [0.1, 0.15) is 12.0 Å². The number of phenols is 1. The third-order valence-electron chi connectivity index (χ3n) is 3.52. The van der Waals surface area contributed by atoms with E-state index in [4.69, 9.17) is 17.0 Å². The van der Waals surface area contributed by atoms with Crippen molar-refractivity contribution >= 4 is 58.0 Å². The van der Waals surface area contributed by atoms with Crippen LogP contribution in [0.25, 0.3) is 6.08 Å². The number of benzene rings is 1. The maximum absolute atomic E-state index is 12.6. The molecule has 1 aliphatic rings. The average molecular weight is 400 g/mol. The summed E-state index contributed by atoms with van der Waals surface area (Å²) in [5.41, 5.74) is 0.645. The highest BCUT2D eigenvalue weighted by Crippen LogP contribution is 2.36. The third kappa shape index (κ3) is 4.47. The fourth-order valence-corrected chi connectivity index (χ4v) is 4.09. The summed E-state index contributed by atoms with van der Waals surface area (Å²) in [7, 11) is 1.43. The lowest BCUT2D eigenvalue weighted by Gasteiger charge is -2.22. The third-order valence-corrected chi connectivity index (χ3v) is 5.49. The first-order valence-corrected chi connectivity index (χ1v) is 9.86. The molecular weight excluding hydrogens is 382 g/mol. The predicted molar refractivity (Wildman–Crippen MR) is 104 cm³/mol. The monoisotopic (exact) mass is 399 g/mol. The Balaban J connectivity index is 2.29. The van der Waals surface area contributed by atoms with Crippen molar-refractivity contribution in [3.8, 4) is 11.5 Å². The van der Waals surface area contributed by atoms with Gasteiger partial charge in [0.1, 0.15) is 10.4 Å². The van der Waals surface area contributed by atoms with E-state index < -0.39 is 17.9 Å². The van der Waals surface area contributed by atoms with E-state index in [0.717, 1.165) is 11.8 Å². The summed E-state index contributed by atoms with van der Waals surface area (Å²) >= 11 is 7.80. The van der Waals surface area contributed by atoms with Crippen molar-refractivity contribution in [1.82, 2.24) is 4.90 Å². The maximum atomic E-state index is 12.6. The Morgan fingerprint density at radius 1 is 1.52 bits per heavy atom. The number of amides is 1. The van der Waals surface area contributed by atoms with Gasteiger partial charge in [-0.25, -0.2) is 4.79 Å². The molecule has 1 saturated heterocycles. The average Bonchev–Trinajstić information content (AvgIpc) is 2.84. The van der Waals surface area contributed by atoms with Crippen LogP contribution in [0.4, 0.5) is 0 Å². The molecule has 1 aromatic rings. The molecule has 0 spiro atoms.